The maximum Gasteiger partial charge on any atom is 0.238 e. The van der Waals surface area contributed by atoms with Crippen molar-refractivity contribution < 1.29 is 4.74 Å². The van der Waals surface area contributed by atoms with E-state index >= 15 is 0 Å². The van der Waals surface area contributed by atoms with E-state index < -0.39 is 0 Å². The Hall–Kier alpha value is -1.72. The van der Waals surface area contributed by atoms with Gasteiger partial charge in [-0.15, -0.1) is 0 Å². The lowest BCUT2D eigenvalue weighted by Gasteiger charge is -2.25. The molecule has 2 aromatic rings. The topological polar surface area (TPSA) is 37.4 Å². The molecule has 0 radical (unpaired) electrons. The fraction of sp³-hybridized carbons (Fsp3) is 0.476. The van der Waals surface area contributed by atoms with Crippen molar-refractivity contribution in [2.75, 3.05) is 32.0 Å². The molecule has 0 amide bonds. The predicted molar refractivity (Wildman–Crippen MR) is 108 cm³/mol. The first-order chi connectivity index (χ1) is 12.7. The summed E-state index contributed by atoms with van der Waals surface area (Å²) in [7, 11) is 3.87. The molecule has 0 saturated heterocycles. The molecule has 4 nitrogen and oxygen atoms in total. The Balaban J connectivity index is 1.47. The van der Waals surface area contributed by atoms with Crippen molar-refractivity contribution in [3.63, 3.8) is 0 Å². The minimum absolute atomic E-state index is 0.687. The Bertz CT molecular complexity index is 759. The van der Waals surface area contributed by atoms with Crippen LogP contribution in [0.2, 0.25) is 0 Å². The van der Waals surface area contributed by atoms with Gasteiger partial charge in [0.25, 0.3) is 0 Å². The minimum atomic E-state index is 0.687. The summed E-state index contributed by atoms with van der Waals surface area (Å²) in [5.41, 5.74) is 4.95. The second-order valence-electron chi connectivity index (χ2n) is 7.36. The number of hydrogen-bond donors (Lipinski definition) is 1. The normalized spacial score (nSPS) is 17.9. The first kappa shape index (κ1) is 17.7. The summed E-state index contributed by atoms with van der Waals surface area (Å²) in [6, 6.07) is 11.2. The van der Waals surface area contributed by atoms with Crippen molar-refractivity contribution >= 4 is 17.6 Å². The molecule has 2 aliphatic rings. The van der Waals surface area contributed by atoms with Crippen LogP contribution < -0.4 is 9.46 Å². The van der Waals surface area contributed by atoms with E-state index in [-0.39, 0.29) is 0 Å². The van der Waals surface area contributed by atoms with E-state index in [1.807, 2.05) is 0 Å². The molecule has 2 heterocycles. The van der Waals surface area contributed by atoms with E-state index in [0.29, 0.717) is 5.88 Å². The molecular weight excluding hydrogens is 342 g/mol. The number of anilines is 1. The maximum atomic E-state index is 5.54. The molecule has 0 bridgehead atoms. The van der Waals surface area contributed by atoms with Crippen LogP contribution in [0.4, 0.5) is 5.69 Å². The lowest BCUT2D eigenvalue weighted by atomic mass is 9.80. The number of likely N-dealkylation sites (N-methyl/N-ethyl adjacent to an activating group) is 1. The van der Waals surface area contributed by atoms with Gasteiger partial charge in [0.1, 0.15) is 5.69 Å². The SMILES string of the molecule is COc1nc2c(cc1NSc1ccc(C3CCC3)cc1)CCN(C)CC2. The largest absolute Gasteiger partial charge is 0.479 e. The fourth-order valence-electron chi connectivity index (χ4n) is 3.62. The zero-order chi connectivity index (χ0) is 17.9. The number of nitrogens with one attached hydrogen (secondary N) is 1. The van der Waals surface area contributed by atoms with E-state index in [4.69, 9.17) is 9.72 Å². The summed E-state index contributed by atoms with van der Waals surface area (Å²) < 4.78 is 8.99. The molecule has 0 unspecified atom stereocenters. The summed E-state index contributed by atoms with van der Waals surface area (Å²) in [5.74, 6) is 1.47. The first-order valence-electron chi connectivity index (χ1n) is 9.51. The van der Waals surface area contributed by atoms with Crippen LogP contribution in [0.5, 0.6) is 5.88 Å². The van der Waals surface area contributed by atoms with Crippen molar-refractivity contribution in [1.29, 1.82) is 0 Å². The highest BCUT2D eigenvalue weighted by Gasteiger charge is 2.19. The lowest BCUT2D eigenvalue weighted by Crippen LogP contribution is -2.20. The molecule has 1 aromatic carbocycles. The number of hydrogen-bond acceptors (Lipinski definition) is 5. The number of ether oxygens (including phenoxy) is 1. The Morgan fingerprint density at radius 1 is 1.15 bits per heavy atom. The van der Waals surface area contributed by atoms with Crippen LogP contribution in [0.15, 0.2) is 35.2 Å². The van der Waals surface area contributed by atoms with Crippen LogP contribution in [-0.2, 0) is 12.8 Å². The molecule has 1 aliphatic carbocycles. The molecule has 138 valence electrons. The zero-order valence-corrected chi connectivity index (χ0v) is 16.4. The van der Waals surface area contributed by atoms with Crippen LogP contribution in [-0.4, -0.2) is 37.1 Å². The summed E-state index contributed by atoms with van der Waals surface area (Å²) in [6.07, 6.45) is 6.09. The lowest BCUT2D eigenvalue weighted by molar-refractivity contribution is 0.351. The Kier molecular flexibility index (Phi) is 5.36. The molecule has 26 heavy (non-hydrogen) atoms. The van der Waals surface area contributed by atoms with Crippen LogP contribution in [0, 0.1) is 0 Å². The molecule has 5 heteroatoms. The maximum absolute atomic E-state index is 5.54. The van der Waals surface area contributed by atoms with Gasteiger partial charge in [-0.2, -0.15) is 0 Å². The van der Waals surface area contributed by atoms with Gasteiger partial charge in [0.05, 0.1) is 7.11 Å². The Labute approximate surface area is 160 Å². The second kappa shape index (κ2) is 7.89. The molecule has 4 rings (SSSR count). The third-order valence-corrected chi connectivity index (χ3v) is 6.41. The molecule has 0 atom stereocenters. The quantitative estimate of drug-likeness (QED) is 0.785. The van der Waals surface area contributed by atoms with Gasteiger partial charge in [-0.05, 0) is 73.5 Å². The average Bonchev–Trinajstić information content (AvgIpc) is 2.80. The number of fused-ring (bicyclic) bond motifs is 1. The van der Waals surface area contributed by atoms with Crippen LogP contribution in [0.3, 0.4) is 0 Å². The van der Waals surface area contributed by atoms with Crippen molar-refractivity contribution in [3.8, 4) is 5.88 Å². The third kappa shape index (κ3) is 3.84. The van der Waals surface area contributed by atoms with Crippen LogP contribution >= 0.6 is 11.9 Å². The fourth-order valence-corrected chi connectivity index (χ4v) is 4.27. The van der Waals surface area contributed by atoms with Gasteiger partial charge in [-0.1, -0.05) is 18.6 Å². The van der Waals surface area contributed by atoms with E-state index in [2.05, 4.69) is 47.0 Å². The average molecular weight is 370 g/mol. The molecule has 1 aromatic heterocycles. The van der Waals surface area contributed by atoms with Crippen LogP contribution in [0.25, 0.3) is 0 Å². The van der Waals surface area contributed by atoms with Gasteiger partial charge >= 0.3 is 0 Å². The van der Waals surface area contributed by atoms with Crippen molar-refractivity contribution in [2.24, 2.45) is 0 Å². The van der Waals surface area contributed by atoms with Crippen LogP contribution in [0.1, 0.15) is 42.0 Å². The molecule has 1 N–H and O–H groups in total. The highest BCUT2D eigenvalue weighted by atomic mass is 32.2. The van der Waals surface area contributed by atoms with E-state index in [1.54, 1.807) is 19.1 Å². The van der Waals surface area contributed by atoms with Crippen molar-refractivity contribution in [3.05, 3.63) is 47.2 Å². The molecular formula is C21H27N3OS. The molecule has 1 aliphatic heterocycles. The van der Waals surface area contributed by atoms with E-state index in [1.165, 1.54) is 41.0 Å². The smallest absolute Gasteiger partial charge is 0.238 e. The van der Waals surface area contributed by atoms with Gasteiger partial charge in [0.2, 0.25) is 5.88 Å². The number of benzene rings is 1. The van der Waals surface area contributed by atoms with Gasteiger partial charge in [-0.3, -0.25) is 0 Å². The highest BCUT2D eigenvalue weighted by molar-refractivity contribution is 8.00. The number of aromatic nitrogens is 1. The number of pyridine rings is 1. The Morgan fingerprint density at radius 2 is 1.92 bits per heavy atom. The highest BCUT2D eigenvalue weighted by Crippen LogP contribution is 2.37. The summed E-state index contributed by atoms with van der Waals surface area (Å²) >= 11 is 1.63. The summed E-state index contributed by atoms with van der Waals surface area (Å²) in [5, 5.41) is 0. The standard InChI is InChI=1S/C21H27N3OS/c1-24-12-10-17-14-20(21(25-2)22-19(17)11-13-24)23-26-18-8-6-16(7-9-18)15-4-3-5-15/h6-9,14-15,23H,3-5,10-13H2,1-2H3. The van der Waals surface area contributed by atoms with Gasteiger partial charge in [0.15, 0.2) is 0 Å². The summed E-state index contributed by atoms with van der Waals surface area (Å²) in [6.45, 7) is 2.13. The van der Waals surface area contributed by atoms with Gasteiger partial charge < -0.3 is 14.4 Å². The monoisotopic (exact) mass is 369 g/mol. The number of methoxy groups -OCH3 is 1. The molecule has 0 spiro atoms. The Morgan fingerprint density at radius 3 is 2.62 bits per heavy atom. The van der Waals surface area contributed by atoms with Crippen molar-refractivity contribution in [1.82, 2.24) is 9.88 Å². The second-order valence-corrected chi connectivity index (χ2v) is 8.23. The zero-order valence-electron chi connectivity index (χ0n) is 15.6. The van der Waals surface area contributed by atoms with Gasteiger partial charge in [0, 0.05) is 30.1 Å². The summed E-state index contributed by atoms with van der Waals surface area (Å²) in [4.78, 5) is 8.34. The number of rotatable bonds is 5. The predicted octanol–water partition coefficient (Wildman–Crippen LogP) is 4.51. The molecule has 1 fully saturated rings. The minimum Gasteiger partial charge on any atom is -0.479 e. The number of nitrogens with zero attached hydrogens (tertiary/aromatic N) is 2. The van der Waals surface area contributed by atoms with E-state index in [9.17, 15) is 0 Å². The van der Waals surface area contributed by atoms with Gasteiger partial charge in [-0.25, -0.2) is 4.98 Å². The molecule has 1 saturated carbocycles. The van der Waals surface area contributed by atoms with Crippen molar-refractivity contribution in [2.45, 2.75) is 42.9 Å². The van der Waals surface area contributed by atoms with E-state index in [0.717, 1.165) is 37.5 Å². The third-order valence-electron chi connectivity index (χ3n) is 5.58. The first-order valence-corrected chi connectivity index (χ1v) is 10.3.